The van der Waals surface area contributed by atoms with Gasteiger partial charge in [-0.1, -0.05) is 0 Å². The van der Waals surface area contributed by atoms with Crippen molar-refractivity contribution in [3.05, 3.63) is 17.5 Å². The summed E-state index contributed by atoms with van der Waals surface area (Å²) >= 11 is 0. The van der Waals surface area contributed by atoms with Crippen LogP contribution in [0.2, 0.25) is 0 Å². The van der Waals surface area contributed by atoms with Gasteiger partial charge < -0.3 is 4.74 Å². The fourth-order valence-electron chi connectivity index (χ4n) is 0.785. The van der Waals surface area contributed by atoms with Crippen LogP contribution < -0.4 is 4.74 Å². The van der Waals surface area contributed by atoms with Gasteiger partial charge in [0.2, 0.25) is 0 Å². The molecule has 2 N–H and O–H groups in total. The van der Waals surface area contributed by atoms with E-state index in [0.717, 1.165) is 11.4 Å². The summed E-state index contributed by atoms with van der Waals surface area (Å²) < 4.78 is 36.4. The molecule has 7 nitrogen and oxygen atoms in total. The van der Waals surface area contributed by atoms with E-state index < -0.39 is 10.4 Å². The van der Waals surface area contributed by atoms with Crippen LogP contribution in [-0.4, -0.2) is 34.6 Å². The second-order valence-electron chi connectivity index (χ2n) is 2.59. The number of aryl methyl sites for hydroxylation is 2. The number of nitrogens with zero attached hydrogens (tertiary/aromatic N) is 2. The second kappa shape index (κ2) is 5.59. The Labute approximate surface area is 87.7 Å². The van der Waals surface area contributed by atoms with Gasteiger partial charge in [0.15, 0.2) is 0 Å². The molecule has 1 aromatic rings. The van der Waals surface area contributed by atoms with E-state index >= 15 is 0 Å². The highest BCUT2D eigenvalue weighted by Gasteiger charge is 1.95. The maximum absolute atomic E-state index is 8.74. The zero-order valence-corrected chi connectivity index (χ0v) is 9.32. The predicted octanol–water partition coefficient (Wildman–Crippen LogP) is 0.449. The first-order chi connectivity index (χ1) is 6.72. The third-order valence-electron chi connectivity index (χ3n) is 1.14. The molecule has 0 spiro atoms. The highest BCUT2D eigenvalue weighted by atomic mass is 32.3. The molecular weight excluding hydrogens is 224 g/mol. The van der Waals surface area contributed by atoms with Gasteiger partial charge in [0.1, 0.15) is 0 Å². The Bertz CT molecular complexity index is 389. The monoisotopic (exact) mass is 236 g/mol. The SMILES string of the molecule is COc1nc(C)cc(C)n1.O=S(=O)(O)O. The van der Waals surface area contributed by atoms with Crippen molar-refractivity contribution >= 4 is 10.4 Å². The molecule has 0 aromatic carbocycles. The molecule has 0 amide bonds. The quantitative estimate of drug-likeness (QED) is 0.681. The van der Waals surface area contributed by atoms with Gasteiger partial charge >= 0.3 is 16.4 Å². The molecule has 0 bridgehead atoms. The standard InChI is InChI=1S/C7H10N2O.H2O4S/c1-5-4-6(2)9-7(8-5)10-3;1-5(2,3)4/h4H,1-3H3;(H2,1,2,3,4). The van der Waals surface area contributed by atoms with Crippen LogP contribution in [0.15, 0.2) is 6.07 Å². The van der Waals surface area contributed by atoms with Gasteiger partial charge in [-0.25, -0.2) is 9.97 Å². The average Bonchev–Trinajstić information content (AvgIpc) is 1.99. The topological polar surface area (TPSA) is 110 Å². The molecule has 0 atom stereocenters. The highest BCUT2D eigenvalue weighted by Crippen LogP contribution is 2.03. The lowest BCUT2D eigenvalue weighted by atomic mass is 10.4. The first-order valence-corrected chi connectivity index (χ1v) is 5.18. The lowest BCUT2D eigenvalue weighted by molar-refractivity contribution is 0.377. The van der Waals surface area contributed by atoms with E-state index in [1.165, 1.54) is 0 Å². The smallest absolute Gasteiger partial charge is 0.394 e. The third kappa shape index (κ3) is 9.06. The second-order valence-corrected chi connectivity index (χ2v) is 3.48. The Kier molecular flexibility index (Phi) is 5.12. The van der Waals surface area contributed by atoms with Crippen molar-refractivity contribution in [2.75, 3.05) is 7.11 Å². The molecular formula is C7H12N2O5S. The maximum Gasteiger partial charge on any atom is 0.394 e. The summed E-state index contributed by atoms with van der Waals surface area (Å²) in [7, 11) is -3.10. The molecule has 0 aliphatic rings. The zero-order valence-electron chi connectivity index (χ0n) is 8.50. The first-order valence-electron chi connectivity index (χ1n) is 3.78. The minimum absolute atomic E-state index is 0.442. The summed E-state index contributed by atoms with van der Waals surface area (Å²) in [5.74, 6) is 0. The van der Waals surface area contributed by atoms with Gasteiger partial charge in [0.05, 0.1) is 7.11 Å². The van der Waals surface area contributed by atoms with E-state index in [9.17, 15) is 0 Å². The minimum Gasteiger partial charge on any atom is -0.467 e. The first kappa shape index (κ1) is 13.8. The maximum atomic E-state index is 8.74. The molecule has 0 saturated carbocycles. The van der Waals surface area contributed by atoms with E-state index in [1.54, 1.807) is 7.11 Å². The molecule has 15 heavy (non-hydrogen) atoms. The van der Waals surface area contributed by atoms with E-state index in [4.69, 9.17) is 22.3 Å². The number of aromatic nitrogens is 2. The number of rotatable bonds is 1. The van der Waals surface area contributed by atoms with Crippen molar-refractivity contribution in [3.8, 4) is 6.01 Å². The Morgan fingerprint density at radius 3 is 1.80 bits per heavy atom. The number of methoxy groups -OCH3 is 1. The molecule has 0 radical (unpaired) electrons. The fraction of sp³-hybridized carbons (Fsp3) is 0.429. The van der Waals surface area contributed by atoms with Crippen molar-refractivity contribution in [2.45, 2.75) is 13.8 Å². The normalized spacial score (nSPS) is 10.2. The third-order valence-corrected chi connectivity index (χ3v) is 1.14. The highest BCUT2D eigenvalue weighted by molar-refractivity contribution is 7.79. The van der Waals surface area contributed by atoms with Crippen LogP contribution >= 0.6 is 0 Å². The van der Waals surface area contributed by atoms with Crippen molar-refractivity contribution in [1.29, 1.82) is 0 Å². The van der Waals surface area contributed by atoms with Gasteiger partial charge in [-0.2, -0.15) is 8.42 Å². The van der Waals surface area contributed by atoms with Gasteiger partial charge in [-0.05, 0) is 19.9 Å². The molecule has 86 valence electrons. The molecule has 0 aliphatic heterocycles. The largest absolute Gasteiger partial charge is 0.467 e. The number of hydrogen-bond acceptors (Lipinski definition) is 5. The van der Waals surface area contributed by atoms with E-state index in [2.05, 4.69) is 9.97 Å². The Morgan fingerprint density at radius 1 is 1.20 bits per heavy atom. The van der Waals surface area contributed by atoms with Crippen molar-refractivity contribution in [2.24, 2.45) is 0 Å². The van der Waals surface area contributed by atoms with Crippen LogP contribution in [0.5, 0.6) is 6.01 Å². The van der Waals surface area contributed by atoms with Gasteiger partial charge in [0.25, 0.3) is 0 Å². The van der Waals surface area contributed by atoms with Crippen LogP contribution in [-0.2, 0) is 10.4 Å². The predicted molar refractivity (Wildman–Crippen MR) is 52.2 cm³/mol. The van der Waals surface area contributed by atoms with Crippen LogP contribution in [0, 0.1) is 13.8 Å². The van der Waals surface area contributed by atoms with Crippen molar-refractivity contribution < 1.29 is 22.3 Å². The zero-order chi connectivity index (χ0) is 12.1. The van der Waals surface area contributed by atoms with Crippen LogP contribution in [0.4, 0.5) is 0 Å². The van der Waals surface area contributed by atoms with E-state index in [0.29, 0.717) is 6.01 Å². The molecule has 0 aliphatic carbocycles. The molecule has 1 rings (SSSR count). The van der Waals surface area contributed by atoms with Gasteiger partial charge in [-0.15, -0.1) is 0 Å². The summed E-state index contributed by atoms with van der Waals surface area (Å²) in [6, 6.07) is 2.35. The van der Waals surface area contributed by atoms with E-state index in [-0.39, 0.29) is 0 Å². The van der Waals surface area contributed by atoms with E-state index in [1.807, 2.05) is 19.9 Å². The molecule has 1 heterocycles. The lowest BCUT2D eigenvalue weighted by Crippen LogP contribution is -1.95. The van der Waals surface area contributed by atoms with Crippen LogP contribution in [0.1, 0.15) is 11.4 Å². The minimum atomic E-state index is -4.67. The summed E-state index contributed by atoms with van der Waals surface area (Å²) in [4.78, 5) is 8.04. The summed E-state index contributed by atoms with van der Waals surface area (Å²) in [6.07, 6.45) is 0. The number of ether oxygens (including phenoxy) is 1. The Hall–Kier alpha value is -1.25. The molecule has 1 aromatic heterocycles. The lowest BCUT2D eigenvalue weighted by Gasteiger charge is -1.99. The van der Waals surface area contributed by atoms with Crippen LogP contribution in [0.25, 0.3) is 0 Å². The fourth-order valence-corrected chi connectivity index (χ4v) is 0.785. The van der Waals surface area contributed by atoms with Gasteiger partial charge in [-0.3, -0.25) is 9.11 Å². The summed E-state index contributed by atoms with van der Waals surface area (Å²) in [5.41, 5.74) is 1.87. The van der Waals surface area contributed by atoms with Crippen LogP contribution in [0.3, 0.4) is 0 Å². The Balaban J connectivity index is 0.000000336. The van der Waals surface area contributed by atoms with Crippen molar-refractivity contribution in [1.82, 2.24) is 9.97 Å². The average molecular weight is 236 g/mol. The Morgan fingerprint density at radius 2 is 1.53 bits per heavy atom. The number of hydrogen-bond donors (Lipinski definition) is 2. The summed E-state index contributed by atoms with van der Waals surface area (Å²) in [5, 5.41) is 0. The summed E-state index contributed by atoms with van der Waals surface area (Å²) in [6.45, 7) is 3.83. The van der Waals surface area contributed by atoms with Crippen molar-refractivity contribution in [3.63, 3.8) is 0 Å². The van der Waals surface area contributed by atoms with Gasteiger partial charge in [0, 0.05) is 11.4 Å². The molecule has 0 saturated heterocycles. The molecule has 0 unspecified atom stereocenters. The molecule has 0 fully saturated rings. The molecule has 8 heteroatoms.